The lowest BCUT2D eigenvalue weighted by molar-refractivity contribution is 0.203. The van der Waals surface area contributed by atoms with Crippen molar-refractivity contribution in [1.82, 2.24) is 0 Å². The Morgan fingerprint density at radius 2 is 1.79 bits per heavy atom. The van der Waals surface area contributed by atoms with E-state index in [1.807, 2.05) is 55.5 Å². The smallest absolute Gasteiger partial charge is 0.167 e. The van der Waals surface area contributed by atoms with Crippen molar-refractivity contribution in [1.29, 1.82) is 0 Å². The molecule has 0 aliphatic carbocycles. The fourth-order valence-corrected chi connectivity index (χ4v) is 1.95. The van der Waals surface area contributed by atoms with E-state index in [4.69, 9.17) is 9.47 Å². The van der Waals surface area contributed by atoms with Gasteiger partial charge in [-0.3, -0.25) is 0 Å². The minimum Gasteiger partial charge on any atom is -0.493 e. The molecule has 3 heteroatoms. The zero-order chi connectivity index (χ0) is 13.7. The predicted molar refractivity (Wildman–Crippen MR) is 74.4 cm³/mol. The van der Waals surface area contributed by atoms with E-state index in [1.165, 1.54) is 0 Å². The average Bonchev–Trinajstić information content (AvgIpc) is 2.48. The van der Waals surface area contributed by atoms with Crippen LogP contribution in [0.15, 0.2) is 48.5 Å². The quantitative estimate of drug-likeness (QED) is 0.894. The summed E-state index contributed by atoms with van der Waals surface area (Å²) in [6.07, 6.45) is -0.109. The van der Waals surface area contributed by atoms with Crippen molar-refractivity contribution in [2.24, 2.45) is 0 Å². The van der Waals surface area contributed by atoms with Gasteiger partial charge in [0.2, 0.25) is 0 Å². The maximum atomic E-state index is 9.39. The van der Waals surface area contributed by atoms with Gasteiger partial charge in [-0.15, -0.1) is 0 Å². The highest BCUT2D eigenvalue weighted by Crippen LogP contribution is 2.34. The van der Waals surface area contributed by atoms with E-state index in [1.54, 1.807) is 7.11 Å². The predicted octanol–water partition coefficient (Wildman–Crippen LogP) is 3.33. The van der Waals surface area contributed by atoms with Gasteiger partial charge >= 0.3 is 0 Å². The number of methoxy groups -OCH3 is 1. The van der Waals surface area contributed by atoms with Gasteiger partial charge in [0.05, 0.1) is 13.7 Å². The summed E-state index contributed by atoms with van der Waals surface area (Å²) in [4.78, 5) is 0. The van der Waals surface area contributed by atoms with E-state index in [-0.39, 0.29) is 12.7 Å². The number of aliphatic hydroxyl groups excluding tert-OH is 1. The summed E-state index contributed by atoms with van der Waals surface area (Å²) in [5, 5.41) is 9.39. The van der Waals surface area contributed by atoms with Crippen LogP contribution in [0, 0.1) is 0 Å². The van der Waals surface area contributed by atoms with Gasteiger partial charge < -0.3 is 14.6 Å². The molecule has 0 aliphatic rings. The van der Waals surface area contributed by atoms with Crippen molar-refractivity contribution in [3.63, 3.8) is 0 Å². The molecule has 2 aromatic rings. The molecule has 0 saturated heterocycles. The van der Waals surface area contributed by atoms with E-state index in [0.29, 0.717) is 11.5 Å². The van der Waals surface area contributed by atoms with Crippen molar-refractivity contribution < 1.29 is 14.6 Å². The molecule has 100 valence electrons. The highest BCUT2D eigenvalue weighted by molar-refractivity contribution is 5.46. The van der Waals surface area contributed by atoms with Gasteiger partial charge in [0.1, 0.15) is 6.10 Å². The van der Waals surface area contributed by atoms with Crippen LogP contribution in [0.2, 0.25) is 0 Å². The third-order valence-electron chi connectivity index (χ3n) is 3.01. The van der Waals surface area contributed by atoms with Crippen LogP contribution in [-0.4, -0.2) is 12.2 Å². The Morgan fingerprint density at radius 1 is 1.05 bits per heavy atom. The van der Waals surface area contributed by atoms with Crippen molar-refractivity contribution in [3.8, 4) is 11.5 Å². The minimum atomic E-state index is -0.109. The van der Waals surface area contributed by atoms with Crippen LogP contribution >= 0.6 is 0 Å². The molecule has 19 heavy (non-hydrogen) atoms. The van der Waals surface area contributed by atoms with E-state index >= 15 is 0 Å². The lowest BCUT2D eigenvalue weighted by atomic mass is 10.1. The van der Waals surface area contributed by atoms with E-state index in [0.717, 1.165) is 11.1 Å². The van der Waals surface area contributed by atoms with Gasteiger partial charge in [-0.2, -0.15) is 0 Å². The summed E-state index contributed by atoms with van der Waals surface area (Å²) in [6, 6.07) is 15.4. The van der Waals surface area contributed by atoms with Crippen LogP contribution < -0.4 is 9.47 Å². The topological polar surface area (TPSA) is 38.7 Å². The van der Waals surface area contributed by atoms with E-state index in [2.05, 4.69) is 0 Å². The molecular weight excluding hydrogens is 240 g/mol. The lowest BCUT2D eigenvalue weighted by Gasteiger charge is -2.19. The van der Waals surface area contributed by atoms with Gasteiger partial charge in [0, 0.05) is 5.56 Å². The van der Waals surface area contributed by atoms with Crippen LogP contribution in [0.1, 0.15) is 24.2 Å². The second-order valence-corrected chi connectivity index (χ2v) is 4.28. The summed E-state index contributed by atoms with van der Waals surface area (Å²) >= 11 is 0. The fourth-order valence-electron chi connectivity index (χ4n) is 1.95. The molecule has 0 bridgehead atoms. The molecule has 3 nitrogen and oxygen atoms in total. The molecule has 1 unspecified atom stereocenters. The Kier molecular flexibility index (Phi) is 4.42. The first-order valence-corrected chi connectivity index (χ1v) is 6.24. The lowest BCUT2D eigenvalue weighted by Crippen LogP contribution is -2.06. The first-order chi connectivity index (χ1) is 9.26. The fraction of sp³-hybridized carbons (Fsp3) is 0.250. The molecule has 0 saturated carbocycles. The van der Waals surface area contributed by atoms with Crippen molar-refractivity contribution in [2.45, 2.75) is 19.6 Å². The first kappa shape index (κ1) is 13.4. The summed E-state index contributed by atoms with van der Waals surface area (Å²) in [5.41, 5.74) is 1.81. The highest BCUT2D eigenvalue weighted by Gasteiger charge is 2.14. The number of ether oxygens (including phenoxy) is 2. The molecule has 1 atom stereocenters. The van der Waals surface area contributed by atoms with Crippen LogP contribution in [0.5, 0.6) is 11.5 Å². The summed E-state index contributed by atoms with van der Waals surface area (Å²) < 4.78 is 11.2. The monoisotopic (exact) mass is 258 g/mol. The molecule has 0 radical (unpaired) electrons. The average molecular weight is 258 g/mol. The Labute approximate surface area is 113 Å². The third-order valence-corrected chi connectivity index (χ3v) is 3.01. The number of hydrogen-bond donors (Lipinski definition) is 1. The van der Waals surface area contributed by atoms with Gasteiger partial charge in [-0.1, -0.05) is 42.5 Å². The Bertz CT molecular complexity index is 501. The molecule has 0 heterocycles. The normalized spacial score (nSPS) is 11.9. The second-order valence-electron chi connectivity index (χ2n) is 4.28. The molecule has 1 N–H and O–H groups in total. The molecular formula is C16H18O3. The summed E-state index contributed by atoms with van der Waals surface area (Å²) in [7, 11) is 1.59. The molecule has 2 aromatic carbocycles. The standard InChI is InChI=1S/C16H18O3/c1-12(13-7-4-3-5-8-13)19-16-14(11-17)9-6-10-15(16)18-2/h3-10,12,17H,11H2,1-2H3. The SMILES string of the molecule is COc1cccc(CO)c1OC(C)c1ccccc1. The molecule has 0 spiro atoms. The molecule has 0 fully saturated rings. The van der Waals surface area contributed by atoms with Gasteiger partial charge in [0.25, 0.3) is 0 Å². The number of hydrogen-bond acceptors (Lipinski definition) is 3. The summed E-state index contributed by atoms with van der Waals surface area (Å²) in [6.45, 7) is 1.90. The number of benzene rings is 2. The molecule has 0 amide bonds. The van der Waals surface area contributed by atoms with Gasteiger partial charge in [-0.25, -0.2) is 0 Å². The largest absolute Gasteiger partial charge is 0.493 e. The molecule has 0 aromatic heterocycles. The maximum absolute atomic E-state index is 9.39. The van der Waals surface area contributed by atoms with Gasteiger partial charge in [-0.05, 0) is 18.6 Å². The summed E-state index contributed by atoms with van der Waals surface area (Å²) in [5.74, 6) is 1.23. The van der Waals surface area contributed by atoms with Crippen molar-refractivity contribution in [2.75, 3.05) is 7.11 Å². The molecule has 2 rings (SSSR count). The van der Waals surface area contributed by atoms with E-state index < -0.39 is 0 Å². The van der Waals surface area contributed by atoms with E-state index in [9.17, 15) is 5.11 Å². The Balaban J connectivity index is 2.27. The minimum absolute atomic E-state index is 0.0754. The molecule has 0 aliphatic heterocycles. The second kappa shape index (κ2) is 6.25. The number of aliphatic hydroxyl groups is 1. The van der Waals surface area contributed by atoms with Crippen LogP contribution in [-0.2, 0) is 6.61 Å². The zero-order valence-corrected chi connectivity index (χ0v) is 11.2. The number of rotatable bonds is 5. The first-order valence-electron chi connectivity index (χ1n) is 6.24. The van der Waals surface area contributed by atoms with Crippen molar-refractivity contribution in [3.05, 3.63) is 59.7 Å². The third kappa shape index (κ3) is 3.06. The van der Waals surface area contributed by atoms with Crippen LogP contribution in [0.4, 0.5) is 0 Å². The van der Waals surface area contributed by atoms with Crippen LogP contribution in [0.3, 0.4) is 0 Å². The highest BCUT2D eigenvalue weighted by atomic mass is 16.5. The van der Waals surface area contributed by atoms with Crippen molar-refractivity contribution >= 4 is 0 Å². The Hall–Kier alpha value is -2.00. The Morgan fingerprint density at radius 3 is 2.42 bits per heavy atom. The zero-order valence-electron chi connectivity index (χ0n) is 11.2. The maximum Gasteiger partial charge on any atom is 0.167 e. The number of para-hydroxylation sites is 1. The van der Waals surface area contributed by atoms with Crippen LogP contribution in [0.25, 0.3) is 0 Å². The van der Waals surface area contributed by atoms with Gasteiger partial charge in [0.15, 0.2) is 11.5 Å².